The first-order chi connectivity index (χ1) is 10.2. The van der Waals surface area contributed by atoms with Crippen LogP contribution in [0.4, 0.5) is 0 Å². The number of fused-ring (bicyclic) bond motifs is 1. The molecule has 0 spiro atoms. The summed E-state index contributed by atoms with van der Waals surface area (Å²) in [4.78, 5) is 14.5. The fourth-order valence-corrected chi connectivity index (χ4v) is 4.36. The molecule has 0 bridgehead atoms. The minimum atomic E-state index is -0.789. The zero-order valence-electron chi connectivity index (χ0n) is 12.3. The number of carboxylic acids is 1. The molecule has 112 valence electrons. The Bertz CT molecular complexity index is 649. The quantitative estimate of drug-likeness (QED) is 0.931. The van der Waals surface area contributed by atoms with E-state index in [2.05, 4.69) is 18.0 Å². The minimum absolute atomic E-state index is 0.462. The Morgan fingerprint density at radius 1 is 1.33 bits per heavy atom. The molecule has 1 aliphatic rings. The third-order valence-corrected chi connectivity index (χ3v) is 5.70. The van der Waals surface area contributed by atoms with E-state index in [1.165, 1.54) is 37.0 Å². The Labute approximate surface area is 129 Å². The van der Waals surface area contributed by atoms with E-state index < -0.39 is 5.97 Å². The second kappa shape index (κ2) is 6.16. The monoisotopic (exact) mass is 303 g/mol. The summed E-state index contributed by atoms with van der Waals surface area (Å²) in [6, 6.07) is 8.52. The Morgan fingerprint density at radius 2 is 2.14 bits per heavy atom. The average molecular weight is 303 g/mol. The van der Waals surface area contributed by atoms with Crippen LogP contribution in [0.3, 0.4) is 0 Å². The first-order valence-corrected chi connectivity index (χ1v) is 8.42. The van der Waals surface area contributed by atoms with Crippen LogP contribution >= 0.6 is 11.3 Å². The molecule has 0 aliphatic carbocycles. The van der Waals surface area contributed by atoms with E-state index in [9.17, 15) is 9.90 Å². The molecule has 4 heteroatoms. The summed E-state index contributed by atoms with van der Waals surface area (Å²) in [6.45, 7) is 1.12. The molecule has 1 aromatic carbocycles. The number of carboxylic acid groups (broad SMARTS) is 1. The van der Waals surface area contributed by atoms with Gasteiger partial charge in [0.15, 0.2) is 0 Å². The van der Waals surface area contributed by atoms with E-state index in [-0.39, 0.29) is 0 Å². The zero-order chi connectivity index (χ0) is 14.8. The van der Waals surface area contributed by atoms with Crippen LogP contribution < -0.4 is 0 Å². The van der Waals surface area contributed by atoms with Gasteiger partial charge >= 0.3 is 5.97 Å². The zero-order valence-corrected chi connectivity index (χ0v) is 13.2. The highest BCUT2D eigenvalue weighted by atomic mass is 32.1. The second-order valence-electron chi connectivity index (χ2n) is 5.90. The van der Waals surface area contributed by atoms with Crippen molar-refractivity contribution < 1.29 is 9.90 Å². The molecule has 0 unspecified atom stereocenters. The lowest BCUT2D eigenvalue weighted by atomic mass is 9.98. The van der Waals surface area contributed by atoms with E-state index >= 15 is 0 Å². The molecule has 1 saturated heterocycles. The largest absolute Gasteiger partial charge is 0.477 e. The van der Waals surface area contributed by atoms with Crippen molar-refractivity contribution in [3.63, 3.8) is 0 Å². The highest BCUT2D eigenvalue weighted by molar-refractivity contribution is 7.21. The van der Waals surface area contributed by atoms with Crippen molar-refractivity contribution in [2.45, 2.75) is 38.1 Å². The predicted octanol–water partition coefficient (Wildman–Crippen LogP) is 4.02. The van der Waals surface area contributed by atoms with E-state index in [0.717, 1.165) is 28.6 Å². The molecule has 0 amide bonds. The van der Waals surface area contributed by atoms with Gasteiger partial charge in [0.05, 0.1) is 0 Å². The smallest absolute Gasteiger partial charge is 0.346 e. The molecule has 3 rings (SSSR count). The summed E-state index contributed by atoms with van der Waals surface area (Å²) >= 11 is 1.41. The second-order valence-corrected chi connectivity index (χ2v) is 6.95. The summed E-state index contributed by atoms with van der Waals surface area (Å²) in [7, 11) is 2.17. The molecule has 1 N–H and O–H groups in total. The van der Waals surface area contributed by atoms with Gasteiger partial charge in [-0.15, -0.1) is 11.3 Å². The maximum atomic E-state index is 11.6. The molecule has 3 nitrogen and oxygen atoms in total. The van der Waals surface area contributed by atoms with Gasteiger partial charge in [0, 0.05) is 10.7 Å². The third-order valence-electron chi connectivity index (χ3n) is 4.50. The summed E-state index contributed by atoms with van der Waals surface area (Å²) in [6.07, 6.45) is 5.81. The number of thiophene rings is 1. The lowest BCUT2D eigenvalue weighted by molar-refractivity contribution is 0.0700. The number of likely N-dealkylation sites (N-methyl/N-ethyl adjacent to an activating group) is 1. The number of benzene rings is 1. The normalized spacial score (nSPS) is 20.5. The first-order valence-electron chi connectivity index (χ1n) is 7.61. The molecule has 1 aromatic heterocycles. The van der Waals surface area contributed by atoms with E-state index in [0.29, 0.717) is 10.9 Å². The van der Waals surface area contributed by atoms with Crippen molar-refractivity contribution in [1.82, 2.24) is 4.90 Å². The standard InChI is InChI=1S/C17H21NO2S/c1-18-10-6-2-3-7-12(18)11-14-13-8-4-5-9-15(13)21-16(14)17(19)20/h4-5,8-9,12H,2-3,6-7,10-11H2,1H3,(H,19,20)/t12-/m1/s1. The van der Waals surface area contributed by atoms with Crippen LogP contribution in [-0.4, -0.2) is 35.6 Å². The number of hydrogen-bond donors (Lipinski definition) is 1. The fourth-order valence-electron chi connectivity index (χ4n) is 3.29. The highest BCUT2D eigenvalue weighted by Gasteiger charge is 2.24. The maximum Gasteiger partial charge on any atom is 0.346 e. The van der Waals surface area contributed by atoms with Gasteiger partial charge in [-0.25, -0.2) is 4.79 Å². The molecular weight excluding hydrogens is 282 g/mol. The molecule has 2 heterocycles. The van der Waals surface area contributed by atoms with Crippen LogP contribution in [0.1, 0.15) is 40.9 Å². The minimum Gasteiger partial charge on any atom is -0.477 e. The number of likely N-dealkylation sites (tertiary alicyclic amines) is 1. The van der Waals surface area contributed by atoms with Crippen molar-refractivity contribution in [1.29, 1.82) is 0 Å². The Morgan fingerprint density at radius 3 is 2.95 bits per heavy atom. The van der Waals surface area contributed by atoms with Crippen LogP contribution in [0, 0.1) is 0 Å². The Balaban J connectivity index is 1.98. The molecular formula is C17H21NO2S. The molecule has 21 heavy (non-hydrogen) atoms. The lowest BCUT2D eigenvalue weighted by Gasteiger charge is -2.25. The molecule has 1 aliphatic heterocycles. The summed E-state index contributed by atoms with van der Waals surface area (Å²) in [5.41, 5.74) is 1.03. The highest BCUT2D eigenvalue weighted by Crippen LogP contribution is 2.33. The topological polar surface area (TPSA) is 40.5 Å². The Hall–Kier alpha value is -1.39. The van der Waals surface area contributed by atoms with Gasteiger partial charge in [0.1, 0.15) is 4.88 Å². The molecule has 1 atom stereocenters. The third kappa shape index (κ3) is 2.97. The van der Waals surface area contributed by atoms with Crippen LogP contribution in [-0.2, 0) is 6.42 Å². The summed E-state index contributed by atoms with van der Waals surface area (Å²) in [5.74, 6) is -0.789. The summed E-state index contributed by atoms with van der Waals surface area (Å²) < 4.78 is 1.08. The molecule has 0 saturated carbocycles. The van der Waals surface area contributed by atoms with E-state index in [1.807, 2.05) is 18.2 Å². The summed E-state index contributed by atoms with van der Waals surface area (Å²) in [5, 5.41) is 10.6. The number of hydrogen-bond acceptors (Lipinski definition) is 3. The van der Waals surface area contributed by atoms with Crippen LogP contribution in [0.5, 0.6) is 0 Å². The van der Waals surface area contributed by atoms with Gasteiger partial charge in [-0.05, 0) is 49.9 Å². The van der Waals surface area contributed by atoms with Crippen molar-refractivity contribution in [3.05, 3.63) is 34.7 Å². The van der Waals surface area contributed by atoms with Gasteiger partial charge < -0.3 is 10.0 Å². The van der Waals surface area contributed by atoms with Crippen molar-refractivity contribution in [3.8, 4) is 0 Å². The van der Waals surface area contributed by atoms with Crippen molar-refractivity contribution in [2.75, 3.05) is 13.6 Å². The molecule has 0 radical (unpaired) electrons. The predicted molar refractivity (Wildman–Crippen MR) is 87.4 cm³/mol. The van der Waals surface area contributed by atoms with Gasteiger partial charge in [-0.2, -0.15) is 0 Å². The van der Waals surface area contributed by atoms with Gasteiger partial charge in [0.25, 0.3) is 0 Å². The Kier molecular flexibility index (Phi) is 4.27. The average Bonchev–Trinajstić information content (AvgIpc) is 2.72. The number of aromatic carboxylic acids is 1. The van der Waals surface area contributed by atoms with Crippen molar-refractivity contribution in [2.24, 2.45) is 0 Å². The van der Waals surface area contributed by atoms with Gasteiger partial charge in [0.2, 0.25) is 0 Å². The van der Waals surface area contributed by atoms with Crippen LogP contribution in [0.15, 0.2) is 24.3 Å². The van der Waals surface area contributed by atoms with Crippen LogP contribution in [0.2, 0.25) is 0 Å². The molecule has 1 fully saturated rings. The van der Waals surface area contributed by atoms with E-state index in [4.69, 9.17) is 0 Å². The maximum absolute atomic E-state index is 11.6. The van der Waals surface area contributed by atoms with Crippen molar-refractivity contribution >= 4 is 27.4 Å². The number of carbonyl (C=O) groups is 1. The van der Waals surface area contributed by atoms with Gasteiger partial charge in [-0.3, -0.25) is 0 Å². The number of nitrogens with zero attached hydrogens (tertiary/aromatic N) is 1. The van der Waals surface area contributed by atoms with Gasteiger partial charge in [-0.1, -0.05) is 31.0 Å². The fraction of sp³-hybridized carbons (Fsp3) is 0.471. The number of rotatable bonds is 3. The SMILES string of the molecule is CN1CCCCC[C@@H]1Cc1c(C(=O)O)sc2ccccc12. The first kappa shape index (κ1) is 14.5. The van der Waals surface area contributed by atoms with Crippen LogP contribution in [0.25, 0.3) is 10.1 Å². The van der Waals surface area contributed by atoms with E-state index in [1.54, 1.807) is 0 Å². The molecule has 2 aromatic rings. The lowest BCUT2D eigenvalue weighted by Crippen LogP contribution is -2.33.